The van der Waals surface area contributed by atoms with Gasteiger partial charge in [-0.25, -0.2) is 0 Å². The van der Waals surface area contributed by atoms with Crippen molar-refractivity contribution in [1.29, 1.82) is 0 Å². The fourth-order valence-electron chi connectivity index (χ4n) is 2.41. The van der Waals surface area contributed by atoms with E-state index in [1.54, 1.807) is 20.4 Å². The van der Waals surface area contributed by atoms with Gasteiger partial charge in [0.2, 0.25) is 0 Å². The Morgan fingerprint density at radius 1 is 1.36 bits per heavy atom. The molecule has 1 aromatic rings. The van der Waals surface area contributed by atoms with Crippen LogP contribution in [0.1, 0.15) is 5.56 Å². The fraction of sp³-hybridized carbons (Fsp3) is 0.500. The zero-order chi connectivity index (χ0) is 18.1. The number of hydrazone groups is 1. The number of thiocarbonyl (C=S) groups is 1. The Labute approximate surface area is 161 Å². The molecule has 0 aromatic heterocycles. The van der Waals surface area contributed by atoms with Crippen molar-refractivity contribution >= 4 is 39.5 Å². The van der Waals surface area contributed by atoms with Gasteiger partial charge in [0.15, 0.2) is 16.6 Å². The van der Waals surface area contributed by atoms with Crippen LogP contribution in [0, 0.1) is 0 Å². The fourth-order valence-corrected chi connectivity index (χ4v) is 3.02. The number of morpholine rings is 1. The van der Waals surface area contributed by atoms with Gasteiger partial charge >= 0.3 is 0 Å². The number of nitrogens with zero attached hydrogens (tertiary/aromatic N) is 2. The molecule has 1 saturated heterocycles. The van der Waals surface area contributed by atoms with Crippen molar-refractivity contribution in [3.8, 4) is 11.5 Å². The highest BCUT2D eigenvalue weighted by molar-refractivity contribution is 9.10. The lowest BCUT2D eigenvalue weighted by atomic mass is 10.2. The van der Waals surface area contributed by atoms with E-state index in [9.17, 15) is 0 Å². The number of methoxy groups -OCH3 is 2. The summed E-state index contributed by atoms with van der Waals surface area (Å²) in [5.74, 6) is 1.24. The largest absolute Gasteiger partial charge is 0.493 e. The number of nitrogens with one attached hydrogen (secondary N) is 2. The standard InChI is InChI=1S/C16H23BrN4O3S/c1-22-14-10-13(17)9-12(15(14)23-2)11-19-20-16(25)18-3-4-21-5-7-24-8-6-21/h9-11H,3-8H2,1-2H3,(H2,18,20,25)/b19-11+. The van der Waals surface area contributed by atoms with Gasteiger partial charge in [-0.2, -0.15) is 5.10 Å². The third-order valence-electron chi connectivity index (χ3n) is 3.66. The second-order valence-electron chi connectivity index (χ2n) is 5.31. The van der Waals surface area contributed by atoms with Crippen molar-refractivity contribution in [2.45, 2.75) is 0 Å². The topological polar surface area (TPSA) is 67.4 Å². The molecule has 0 saturated carbocycles. The quantitative estimate of drug-likeness (QED) is 0.386. The predicted octanol–water partition coefficient (Wildman–Crippen LogP) is 1.60. The molecule has 0 bridgehead atoms. The van der Waals surface area contributed by atoms with E-state index in [1.165, 1.54) is 0 Å². The number of halogens is 1. The lowest BCUT2D eigenvalue weighted by molar-refractivity contribution is 0.0389. The van der Waals surface area contributed by atoms with Crippen LogP contribution in [0.25, 0.3) is 0 Å². The van der Waals surface area contributed by atoms with Gasteiger partial charge in [0, 0.05) is 36.2 Å². The molecule has 25 heavy (non-hydrogen) atoms. The van der Waals surface area contributed by atoms with Gasteiger partial charge in [0.25, 0.3) is 0 Å². The normalized spacial score (nSPS) is 15.2. The Balaban J connectivity index is 1.81. The lowest BCUT2D eigenvalue weighted by Crippen LogP contribution is -2.42. The van der Waals surface area contributed by atoms with Crippen molar-refractivity contribution < 1.29 is 14.2 Å². The van der Waals surface area contributed by atoms with Gasteiger partial charge in [-0.1, -0.05) is 15.9 Å². The van der Waals surface area contributed by atoms with E-state index >= 15 is 0 Å². The van der Waals surface area contributed by atoms with Crippen LogP contribution in [0.2, 0.25) is 0 Å². The van der Waals surface area contributed by atoms with Gasteiger partial charge in [-0.15, -0.1) is 0 Å². The summed E-state index contributed by atoms with van der Waals surface area (Å²) < 4.78 is 16.9. The minimum Gasteiger partial charge on any atom is -0.493 e. The lowest BCUT2D eigenvalue weighted by Gasteiger charge is -2.26. The molecular formula is C16H23BrN4O3S. The molecule has 1 aromatic carbocycles. The molecule has 0 aliphatic carbocycles. The SMILES string of the molecule is COc1cc(Br)cc(/C=N/NC(=S)NCCN2CCOCC2)c1OC. The van der Waals surface area contributed by atoms with Crippen molar-refractivity contribution in [3.63, 3.8) is 0 Å². The van der Waals surface area contributed by atoms with Crippen LogP contribution in [-0.2, 0) is 4.74 Å². The Morgan fingerprint density at radius 3 is 2.80 bits per heavy atom. The Bertz CT molecular complexity index is 609. The molecule has 1 heterocycles. The Kier molecular flexibility index (Phi) is 8.39. The zero-order valence-corrected chi connectivity index (χ0v) is 16.8. The molecule has 2 rings (SSSR count). The maximum Gasteiger partial charge on any atom is 0.187 e. The van der Waals surface area contributed by atoms with Gasteiger partial charge in [0.1, 0.15) is 0 Å². The second kappa shape index (κ2) is 10.5. The molecule has 138 valence electrons. The summed E-state index contributed by atoms with van der Waals surface area (Å²) in [6.45, 7) is 5.20. The highest BCUT2D eigenvalue weighted by Gasteiger charge is 2.11. The zero-order valence-electron chi connectivity index (χ0n) is 14.4. The van der Waals surface area contributed by atoms with Crippen molar-refractivity contribution in [2.75, 3.05) is 53.6 Å². The molecule has 0 spiro atoms. The molecule has 1 fully saturated rings. The number of hydrogen-bond donors (Lipinski definition) is 2. The minimum absolute atomic E-state index is 0.477. The van der Waals surface area contributed by atoms with E-state index in [2.05, 4.69) is 36.7 Å². The summed E-state index contributed by atoms with van der Waals surface area (Å²) in [7, 11) is 3.19. The molecule has 1 aliphatic rings. The molecule has 9 heteroatoms. The first-order valence-electron chi connectivity index (χ1n) is 7.92. The Morgan fingerprint density at radius 2 is 2.12 bits per heavy atom. The first-order valence-corrected chi connectivity index (χ1v) is 9.12. The average Bonchev–Trinajstić information content (AvgIpc) is 2.62. The van der Waals surface area contributed by atoms with Crippen molar-refractivity contribution in [1.82, 2.24) is 15.6 Å². The smallest absolute Gasteiger partial charge is 0.187 e. The maximum atomic E-state index is 5.38. The first-order chi connectivity index (χ1) is 12.1. The molecular weight excluding hydrogens is 408 g/mol. The number of benzene rings is 1. The highest BCUT2D eigenvalue weighted by atomic mass is 79.9. The van der Waals surface area contributed by atoms with E-state index in [4.69, 9.17) is 26.4 Å². The summed E-state index contributed by atoms with van der Waals surface area (Å²) >= 11 is 8.67. The molecule has 0 amide bonds. The highest BCUT2D eigenvalue weighted by Crippen LogP contribution is 2.33. The summed E-state index contributed by atoms with van der Waals surface area (Å²) in [4.78, 5) is 2.33. The maximum absolute atomic E-state index is 5.38. The molecule has 0 radical (unpaired) electrons. The predicted molar refractivity (Wildman–Crippen MR) is 106 cm³/mol. The van der Waals surface area contributed by atoms with Crippen LogP contribution >= 0.6 is 28.1 Å². The van der Waals surface area contributed by atoms with E-state index in [1.807, 2.05) is 12.1 Å². The summed E-state index contributed by atoms with van der Waals surface area (Å²) in [6, 6.07) is 3.73. The molecule has 2 N–H and O–H groups in total. The number of rotatable bonds is 7. The van der Waals surface area contributed by atoms with Crippen LogP contribution in [0.15, 0.2) is 21.7 Å². The Hall–Kier alpha value is -1.42. The third kappa shape index (κ3) is 6.43. The van der Waals surface area contributed by atoms with Crippen LogP contribution in [0.3, 0.4) is 0 Å². The molecule has 7 nitrogen and oxygen atoms in total. The van der Waals surface area contributed by atoms with E-state index < -0.39 is 0 Å². The van der Waals surface area contributed by atoms with E-state index in [0.29, 0.717) is 16.6 Å². The van der Waals surface area contributed by atoms with E-state index in [-0.39, 0.29) is 0 Å². The minimum atomic E-state index is 0.477. The second-order valence-corrected chi connectivity index (χ2v) is 6.63. The molecule has 0 atom stereocenters. The van der Waals surface area contributed by atoms with E-state index in [0.717, 1.165) is 49.4 Å². The van der Waals surface area contributed by atoms with Crippen molar-refractivity contribution in [3.05, 3.63) is 22.2 Å². The summed E-state index contributed by atoms with van der Waals surface area (Å²) in [5, 5.41) is 7.78. The van der Waals surface area contributed by atoms with Crippen LogP contribution in [-0.4, -0.2) is 69.8 Å². The van der Waals surface area contributed by atoms with Crippen LogP contribution < -0.4 is 20.2 Å². The molecule has 1 aliphatic heterocycles. The van der Waals surface area contributed by atoms with Gasteiger partial charge in [-0.05, 0) is 24.4 Å². The number of hydrogen-bond acceptors (Lipinski definition) is 6. The summed E-state index contributed by atoms with van der Waals surface area (Å²) in [5.41, 5.74) is 3.59. The first kappa shape index (κ1) is 19.9. The van der Waals surface area contributed by atoms with Crippen LogP contribution in [0.5, 0.6) is 11.5 Å². The van der Waals surface area contributed by atoms with Crippen LogP contribution in [0.4, 0.5) is 0 Å². The van der Waals surface area contributed by atoms with Crippen molar-refractivity contribution in [2.24, 2.45) is 5.10 Å². The van der Waals surface area contributed by atoms with Gasteiger partial charge < -0.3 is 19.5 Å². The third-order valence-corrected chi connectivity index (χ3v) is 4.35. The average molecular weight is 431 g/mol. The van der Waals surface area contributed by atoms with Gasteiger partial charge in [-0.3, -0.25) is 10.3 Å². The number of ether oxygens (including phenoxy) is 3. The monoisotopic (exact) mass is 430 g/mol. The summed E-state index contributed by atoms with van der Waals surface area (Å²) in [6.07, 6.45) is 1.64. The molecule has 0 unspecified atom stereocenters. The van der Waals surface area contributed by atoms with Gasteiger partial charge in [0.05, 0.1) is 33.6 Å².